The van der Waals surface area contributed by atoms with Gasteiger partial charge in [0.15, 0.2) is 0 Å². The number of esters is 1. The van der Waals surface area contributed by atoms with E-state index in [9.17, 15) is 18.0 Å². The number of benzene rings is 1. The molecule has 0 aliphatic carbocycles. The van der Waals surface area contributed by atoms with Crippen LogP contribution in [0.25, 0.3) is 0 Å². The minimum Gasteiger partial charge on any atom is -0.464 e. The molecule has 0 N–H and O–H groups in total. The Balaban J connectivity index is 1.74. The highest BCUT2D eigenvalue weighted by Crippen LogP contribution is 2.27. The number of rotatable bonds is 7. The molecule has 2 heterocycles. The summed E-state index contributed by atoms with van der Waals surface area (Å²) in [5.74, 6) is -1.08. The third-order valence-electron chi connectivity index (χ3n) is 5.28. The lowest BCUT2D eigenvalue weighted by atomic mass is 10.1. The van der Waals surface area contributed by atoms with Gasteiger partial charge in [0.05, 0.1) is 23.5 Å². The summed E-state index contributed by atoms with van der Waals surface area (Å²) in [6.07, 6.45) is 2.92. The summed E-state index contributed by atoms with van der Waals surface area (Å²) in [6.45, 7) is 3.09. The van der Waals surface area contributed by atoms with Gasteiger partial charge in [-0.3, -0.25) is 4.79 Å². The molecule has 3 rings (SSSR count). The van der Waals surface area contributed by atoms with Crippen molar-refractivity contribution in [1.82, 2.24) is 9.21 Å². The lowest BCUT2D eigenvalue weighted by Gasteiger charge is -2.34. The molecule has 2 fully saturated rings. The SMILES string of the molecule is CCCCOC(=O)[C@H]1CCCN1C(=O)c1cccc(S(=O)(=O)N2CC(C#N)C2)c1. The molecule has 9 heteroatoms. The third-order valence-corrected chi connectivity index (χ3v) is 7.10. The van der Waals surface area contributed by atoms with Crippen LogP contribution in [0.4, 0.5) is 0 Å². The lowest BCUT2D eigenvalue weighted by molar-refractivity contribution is -0.148. The number of nitriles is 1. The van der Waals surface area contributed by atoms with Crippen LogP contribution in [0, 0.1) is 17.2 Å². The maximum atomic E-state index is 13.0. The van der Waals surface area contributed by atoms with Crippen LogP contribution >= 0.6 is 0 Å². The highest BCUT2D eigenvalue weighted by atomic mass is 32.2. The van der Waals surface area contributed by atoms with Gasteiger partial charge in [-0.25, -0.2) is 13.2 Å². The number of hydrogen-bond donors (Lipinski definition) is 0. The van der Waals surface area contributed by atoms with Crippen LogP contribution < -0.4 is 0 Å². The number of carbonyl (C=O) groups is 2. The van der Waals surface area contributed by atoms with Crippen molar-refractivity contribution in [2.24, 2.45) is 5.92 Å². The van der Waals surface area contributed by atoms with Crippen molar-refractivity contribution >= 4 is 21.9 Å². The zero-order valence-electron chi connectivity index (χ0n) is 16.4. The average Bonchev–Trinajstić information content (AvgIpc) is 3.16. The molecule has 2 aliphatic heterocycles. The zero-order valence-corrected chi connectivity index (χ0v) is 17.2. The summed E-state index contributed by atoms with van der Waals surface area (Å²) in [6, 6.07) is 7.26. The molecule has 8 nitrogen and oxygen atoms in total. The van der Waals surface area contributed by atoms with Crippen molar-refractivity contribution in [3.05, 3.63) is 29.8 Å². The molecule has 1 aromatic rings. The molecule has 1 amide bonds. The number of hydrogen-bond acceptors (Lipinski definition) is 6. The van der Waals surface area contributed by atoms with Crippen LogP contribution in [0.5, 0.6) is 0 Å². The predicted octanol–water partition coefficient (Wildman–Crippen LogP) is 1.78. The Morgan fingerprint density at radius 2 is 2.07 bits per heavy atom. The average molecular weight is 420 g/mol. The molecule has 0 spiro atoms. The van der Waals surface area contributed by atoms with Crippen molar-refractivity contribution < 1.29 is 22.7 Å². The number of amides is 1. The molecular formula is C20H25N3O5S. The van der Waals surface area contributed by atoms with E-state index in [4.69, 9.17) is 10.00 Å². The van der Waals surface area contributed by atoms with Gasteiger partial charge in [-0.15, -0.1) is 0 Å². The summed E-state index contributed by atoms with van der Waals surface area (Å²) < 4.78 is 31.9. The highest BCUT2D eigenvalue weighted by molar-refractivity contribution is 7.89. The van der Waals surface area contributed by atoms with Gasteiger partial charge in [-0.1, -0.05) is 19.4 Å². The molecule has 0 aromatic heterocycles. The topological polar surface area (TPSA) is 108 Å². The number of ether oxygens (including phenoxy) is 1. The Labute approximate surface area is 171 Å². The van der Waals surface area contributed by atoms with E-state index in [1.807, 2.05) is 13.0 Å². The van der Waals surface area contributed by atoms with Gasteiger partial charge in [0, 0.05) is 25.2 Å². The fourth-order valence-electron chi connectivity index (χ4n) is 3.49. The summed E-state index contributed by atoms with van der Waals surface area (Å²) >= 11 is 0. The van der Waals surface area contributed by atoms with Crippen molar-refractivity contribution in [2.45, 2.75) is 43.5 Å². The molecule has 1 atom stereocenters. The van der Waals surface area contributed by atoms with Gasteiger partial charge >= 0.3 is 5.97 Å². The van der Waals surface area contributed by atoms with Gasteiger partial charge < -0.3 is 9.64 Å². The van der Waals surface area contributed by atoms with Gasteiger partial charge in [0.1, 0.15) is 6.04 Å². The highest BCUT2D eigenvalue weighted by Gasteiger charge is 2.38. The summed E-state index contributed by atoms with van der Waals surface area (Å²) in [4.78, 5) is 26.8. The van der Waals surface area contributed by atoms with E-state index in [0.717, 1.165) is 12.8 Å². The molecule has 2 saturated heterocycles. The van der Waals surface area contributed by atoms with E-state index in [1.165, 1.54) is 27.4 Å². The number of sulfonamides is 1. The minimum absolute atomic E-state index is 0.0148. The molecule has 0 unspecified atom stereocenters. The van der Waals surface area contributed by atoms with Crippen LogP contribution in [-0.2, 0) is 19.6 Å². The second kappa shape index (κ2) is 8.93. The van der Waals surface area contributed by atoms with E-state index in [2.05, 4.69) is 0 Å². The Morgan fingerprint density at radius 1 is 1.31 bits per heavy atom. The smallest absolute Gasteiger partial charge is 0.328 e. The van der Waals surface area contributed by atoms with E-state index < -0.39 is 22.0 Å². The first-order chi connectivity index (χ1) is 13.9. The molecule has 0 radical (unpaired) electrons. The van der Waals surface area contributed by atoms with E-state index >= 15 is 0 Å². The monoisotopic (exact) mass is 419 g/mol. The summed E-state index contributed by atoms with van der Waals surface area (Å²) in [5, 5.41) is 8.86. The van der Waals surface area contributed by atoms with Gasteiger partial charge in [-0.05, 0) is 37.5 Å². The summed E-state index contributed by atoms with van der Waals surface area (Å²) in [7, 11) is -3.75. The fourth-order valence-corrected chi connectivity index (χ4v) is 5.07. The van der Waals surface area contributed by atoms with Crippen molar-refractivity contribution in [1.29, 1.82) is 5.26 Å². The van der Waals surface area contributed by atoms with Crippen LogP contribution in [-0.4, -0.2) is 61.8 Å². The largest absolute Gasteiger partial charge is 0.464 e. The molecule has 2 aliphatic rings. The first-order valence-corrected chi connectivity index (χ1v) is 11.3. The van der Waals surface area contributed by atoms with Crippen molar-refractivity contribution in [3.8, 4) is 6.07 Å². The number of unbranched alkanes of at least 4 members (excludes halogenated alkanes) is 1. The summed E-state index contributed by atoms with van der Waals surface area (Å²) in [5.41, 5.74) is 0.219. The maximum Gasteiger partial charge on any atom is 0.328 e. The second-order valence-electron chi connectivity index (χ2n) is 7.35. The van der Waals surface area contributed by atoms with Crippen molar-refractivity contribution in [3.63, 3.8) is 0 Å². The molecule has 1 aromatic carbocycles. The van der Waals surface area contributed by atoms with Gasteiger partial charge in [0.25, 0.3) is 5.91 Å². The van der Waals surface area contributed by atoms with Gasteiger partial charge in [0.2, 0.25) is 10.0 Å². The van der Waals surface area contributed by atoms with E-state index in [-0.39, 0.29) is 35.4 Å². The van der Waals surface area contributed by atoms with E-state index in [1.54, 1.807) is 6.07 Å². The molecular weight excluding hydrogens is 394 g/mol. The number of likely N-dealkylation sites (tertiary alicyclic amines) is 1. The standard InChI is InChI=1S/C20H25N3O5S/c1-2-3-10-28-20(25)18-8-5-9-23(18)19(24)16-6-4-7-17(11-16)29(26,27)22-13-15(12-21)14-22/h4,6-7,11,15,18H,2-3,5,8-10,13-14H2,1H3/t18-/m1/s1. The quantitative estimate of drug-likeness (QED) is 0.492. The Hall–Kier alpha value is -2.44. The van der Waals surface area contributed by atoms with Crippen LogP contribution in [0.1, 0.15) is 43.0 Å². The Bertz CT molecular complexity index is 918. The molecule has 0 bridgehead atoms. The minimum atomic E-state index is -3.75. The Kier molecular flexibility index (Phi) is 6.55. The van der Waals surface area contributed by atoms with Crippen molar-refractivity contribution in [2.75, 3.05) is 26.2 Å². The number of nitrogens with zero attached hydrogens (tertiary/aromatic N) is 3. The first-order valence-electron chi connectivity index (χ1n) is 9.86. The molecule has 156 valence electrons. The lowest BCUT2D eigenvalue weighted by Crippen LogP contribution is -2.49. The van der Waals surface area contributed by atoms with Crippen LogP contribution in [0.2, 0.25) is 0 Å². The zero-order chi connectivity index (χ0) is 21.0. The second-order valence-corrected chi connectivity index (χ2v) is 9.29. The first kappa shape index (κ1) is 21.3. The normalized spacial score (nSPS) is 20.1. The third kappa shape index (κ3) is 4.43. The molecule has 29 heavy (non-hydrogen) atoms. The predicted molar refractivity (Wildman–Crippen MR) is 104 cm³/mol. The molecule has 0 saturated carbocycles. The van der Waals surface area contributed by atoms with Crippen LogP contribution in [0.15, 0.2) is 29.2 Å². The van der Waals surface area contributed by atoms with Crippen LogP contribution in [0.3, 0.4) is 0 Å². The van der Waals surface area contributed by atoms with Gasteiger partial charge in [-0.2, -0.15) is 9.57 Å². The van der Waals surface area contributed by atoms with E-state index in [0.29, 0.717) is 26.0 Å². The maximum absolute atomic E-state index is 13.0. The number of carbonyl (C=O) groups excluding carboxylic acids is 2. The fraction of sp³-hybridized carbons (Fsp3) is 0.550. The Morgan fingerprint density at radius 3 is 2.76 bits per heavy atom.